The number of aliphatic imine (C=N–C) groups is 1. The Kier molecular flexibility index (Phi) is 4.43. The molecule has 2 heterocycles. The van der Waals surface area contributed by atoms with E-state index in [0.29, 0.717) is 17.2 Å². The Morgan fingerprint density at radius 3 is 2.75 bits per heavy atom. The number of nitrogens with zero attached hydrogens (tertiary/aromatic N) is 5. The van der Waals surface area contributed by atoms with Crippen LogP contribution in [0.3, 0.4) is 0 Å². The van der Waals surface area contributed by atoms with Crippen molar-refractivity contribution in [2.45, 2.75) is 23.6 Å². The molecule has 0 bridgehead atoms. The average molecular weight is 449 g/mol. The summed E-state index contributed by atoms with van der Waals surface area (Å²) in [6, 6.07) is 7.64. The molecule has 2 aliphatic carbocycles. The summed E-state index contributed by atoms with van der Waals surface area (Å²) in [5.74, 6) is -0.444. The molecular formula is C23H21FN6OS. The first-order chi connectivity index (χ1) is 15.2. The largest absolute Gasteiger partial charge is 0.378 e. The fourth-order valence-corrected chi connectivity index (χ4v) is 6.86. The van der Waals surface area contributed by atoms with Crippen LogP contribution in [0.4, 0.5) is 4.39 Å². The van der Waals surface area contributed by atoms with Crippen molar-refractivity contribution >= 4 is 34.7 Å². The van der Waals surface area contributed by atoms with Gasteiger partial charge in [0.2, 0.25) is 5.91 Å². The number of hydrogen-bond acceptors (Lipinski definition) is 7. The quantitative estimate of drug-likeness (QED) is 0.774. The van der Waals surface area contributed by atoms with E-state index in [4.69, 9.17) is 16.0 Å². The highest BCUT2D eigenvalue weighted by Gasteiger charge is 2.78. The zero-order valence-electron chi connectivity index (χ0n) is 17.8. The van der Waals surface area contributed by atoms with E-state index in [2.05, 4.69) is 16.9 Å². The van der Waals surface area contributed by atoms with Gasteiger partial charge in [0.25, 0.3) is 0 Å². The highest BCUT2D eigenvalue weighted by atomic mass is 32.2. The first-order valence-electron chi connectivity index (χ1n) is 10.2. The van der Waals surface area contributed by atoms with Gasteiger partial charge in [-0.25, -0.2) is 14.4 Å². The van der Waals surface area contributed by atoms with Crippen LogP contribution >= 0.6 is 11.8 Å². The van der Waals surface area contributed by atoms with Gasteiger partial charge in [0.15, 0.2) is 16.8 Å². The molecule has 1 spiro atoms. The van der Waals surface area contributed by atoms with Crippen LogP contribution < -0.4 is 5.73 Å². The summed E-state index contributed by atoms with van der Waals surface area (Å²) in [7, 11) is 3.53. The Morgan fingerprint density at radius 1 is 1.38 bits per heavy atom. The van der Waals surface area contributed by atoms with Crippen molar-refractivity contribution in [3.63, 3.8) is 0 Å². The van der Waals surface area contributed by atoms with E-state index >= 15 is 0 Å². The van der Waals surface area contributed by atoms with E-state index in [9.17, 15) is 9.18 Å². The molecule has 0 radical (unpaired) electrons. The maximum atomic E-state index is 14.8. The Labute approximate surface area is 189 Å². The number of amides is 1. The lowest BCUT2D eigenvalue weighted by Crippen LogP contribution is -2.49. The summed E-state index contributed by atoms with van der Waals surface area (Å²) in [6.45, 7) is 2.08. The lowest BCUT2D eigenvalue weighted by atomic mass is 9.66. The topological polar surface area (TPSA) is 108 Å². The fourth-order valence-electron chi connectivity index (χ4n) is 5.26. The van der Waals surface area contributed by atoms with Crippen LogP contribution in [-0.4, -0.2) is 44.8 Å². The molecule has 1 fully saturated rings. The fraction of sp³-hybridized carbons (Fsp3) is 0.348. The molecule has 162 valence electrons. The molecule has 4 atom stereocenters. The molecule has 2 aromatic rings. The van der Waals surface area contributed by atoms with E-state index in [1.54, 1.807) is 19.0 Å². The van der Waals surface area contributed by atoms with E-state index in [1.807, 2.05) is 24.3 Å². The van der Waals surface area contributed by atoms with Gasteiger partial charge < -0.3 is 10.6 Å². The van der Waals surface area contributed by atoms with Crippen molar-refractivity contribution in [2.24, 2.45) is 22.6 Å². The van der Waals surface area contributed by atoms with Crippen LogP contribution in [0.25, 0.3) is 11.9 Å². The molecule has 5 rings (SSSR count). The summed E-state index contributed by atoms with van der Waals surface area (Å²) < 4.78 is 14.2. The predicted octanol–water partition coefficient (Wildman–Crippen LogP) is 2.72. The van der Waals surface area contributed by atoms with Gasteiger partial charge in [-0.3, -0.25) is 9.79 Å². The Hall–Kier alpha value is -3.25. The zero-order valence-corrected chi connectivity index (χ0v) is 18.7. The molecule has 1 aromatic carbocycles. The van der Waals surface area contributed by atoms with Crippen LogP contribution in [0.1, 0.15) is 35.0 Å². The number of fused-ring (bicyclic) bond motifs is 4. The molecule has 3 aliphatic rings. The van der Waals surface area contributed by atoms with Gasteiger partial charge in [-0.1, -0.05) is 30.8 Å². The van der Waals surface area contributed by atoms with Gasteiger partial charge in [0.05, 0.1) is 11.1 Å². The number of carbonyl (C=O) groups is 1. The number of thioether (sulfide) groups is 1. The van der Waals surface area contributed by atoms with Gasteiger partial charge in [-0.05, 0) is 34.8 Å². The number of halogens is 1. The van der Waals surface area contributed by atoms with Gasteiger partial charge in [-0.2, -0.15) is 5.26 Å². The Balaban J connectivity index is 1.51. The highest BCUT2D eigenvalue weighted by Crippen LogP contribution is 2.73. The monoisotopic (exact) mass is 448 g/mol. The first kappa shape index (κ1) is 20.6. The molecule has 1 aliphatic heterocycles. The molecule has 2 N–H and O–H groups in total. The van der Waals surface area contributed by atoms with Crippen molar-refractivity contribution in [3.8, 4) is 6.07 Å². The maximum absolute atomic E-state index is 14.8. The minimum Gasteiger partial charge on any atom is -0.378 e. The molecular weight excluding hydrogens is 427 g/mol. The Bertz CT molecular complexity index is 1250. The van der Waals surface area contributed by atoms with Crippen LogP contribution in [0.5, 0.6) is 0 Å². The van der Waals surface area contributed by atoms with E-state index in [0.717, 1.165) is 11.1 Å². The second-order valence-electron chi connectivity index (χ2n) is 8.73. The number of aromatic nitrogens is 2. The molecule has 9 heteroatoms. The van der Waals surface area contributed by atoms with Gasteiger partial charge in [-0.15, -0.1) is 0 Å². The van der Waals surface area contributed by atoms with Crippen LogP contribution in [-0.2, 0) is 16.8 Å². The summed E-state index contributed by atoms with van der Waals surface area (Å²) in [4.78, 5) is 27.3. The number of nitriles is 1. The standard InChI is InChI=1S/C23H21FN6OS/c1-12-18-22(29-21(26)32-23(12,18)20(31)30(2)3)8-15-5-4-13(6-16(15)22)7-17(24)19-27-10-14(9-25)11-28-19/h4-7,10-12,18H,8H2,1-3H3,(H2,26,29)/b17-7-/t12?,18?,22-,23+/m1/s1. The maximum Gasteiger partial charge on any atom is 0.239 e. The van der Waals surface area contributed by atoms with Crippen molar-refractivity contribution < 1.29 is 9.18 Å². The van der Waals surface area contributed by atoms with Crippen molar-refractivity contribution in [1.29, 1.82) is 5.26 Å². The Morgan fingerprint density at radius 2 is 2.09 bits per heavy atom. The molecule has 1 aromatic heterocycles. The van der Waals surface area contributed by atoms with Gasteiger partial charge in [0.1, 0.15) is 10.8 Å². The van der Waals surface area contributed by atoms with Gasteiger partial charge >= 0.3 is 0 Å². The minimum atomic E-state index is -0.597. The number of amidine groups is 1. The summed E-state index contributed by atoms with van der Waals surface area (Å²) in [5, 5.41) is 9.27. The van der Waals surface area contributed by atoms with E-state index < -0.39 is 16.1 Å². The highest BCUT2D eigenvalue weighted by molar-refractivity contribution is 8.15. The molecule has 1 amide bonds. The molecule has 32 heavy (non-hydrogen) atoms. The zero-order chi connectivity index (χ0) is 22.8. The van der Waals surface area contributed by atoms with Crippen LogP contribution in [0.15, 0.2) is 35.6 Å². The average Bonchev–Trinajstić information content (AvgIpc) is 3.38. The third-order valence-electron chi connectivity index (χ3n) is 6.72. The van der Waals surface area contributed by atoms with E-state index in [1.165, 1.54) is 30.2 Å². The number of carbonyl (C=O) groups excluding carboxylic acids is 1. The lowest BCUT2D eigenvalue weighted by Gasteiger charge is -2.45. The summed E-state index contributed by atoms with van der Waals surface area (Å²) in [5.41, 5.74) is 8.72. The van der Waals surface area contributed by atoms with Crippen molar-refractivity contribution in [1.82, 2.24) is 14.9 Å². The first-order valence-corrected chi connectivity index (χ1v) is 11.0. The molecule has 2 unspecified atom stereocenters. The SMILES string of the molecule is CC1C2[C@@]1(C(=O)N(C)C)SC(N)=N[C@@]21Cc2ccc(/C=C(\F)c3ncc(C#N)cn3)cc21. The summed E-state index contributed by atoms with van der Waals surface area (Å²) >= 11 is 1.37. The molecule has 0 saturated heterocycles. The second kappa shape index (κ2) is 6.87. The summed E-state index contributed by atoms with van der Waals surface area (Å²) in [6.07, 6.45) is 4.66. The smallest absolute Gasteiger partial charge is 0.239 e. The number of hydrogen-bond donors (Lipinski definition) is 1. The second-order valence-corrected chi connectivity index (χ2v) is 10.0. The number of benzene rings is 1. The van der Waals surface area contributed by atoms with Crippen LogP contribution in [0.2, 0.25) is 0 Å². The lowest BCUT2D eigenvalue weighted by molar-refractivity contribution is -0.129. The normalized spacial score (nSPS) is 29.8. The number of nitrogens with two attached hydrogens (primary N) is 1. The van der Waals surface area contributed by atoms with Crippen LogP contribution in [0, 0.1) is 23.2 Å². The van der Waals surface area contributed by atoms with Crippen molar-refractivity contribution in [2.75, 3.05) is 14.1 Å². The molecule has 7 nitrogen and oxygen atoms in total. The minimum absolute atomic E-state index is 0.0423. The van der Waals surface area contributed by atoms with E-state index in [-0.39, 0.29) is 29.1 Å². The molecule has 1 saturated carbocycles. The van der Waals surface area contributed by atoms with Gasteiger partial charge in [0, 0.05) is 38.8 Å². The predicted molar refractivity (Wildman–Crippen MR) is 121 cm³/mol. The third-order valence-corrected chi connectivity index (χ3v) is 8.15. The van der Waals surface area contributed by atoms with Crippen molar-refractivity contribution in [3.05, 3.63) is 58.7 Å². The number of rotatable bonds is 3. The third kappa shape index (κ3) is 2.72.